The second-order valence-electron chi connectivity index (χ2n) is 7.29. The average Bonchev–Trinajstić information content (AvgIpc) is 3.56. The zero-order valence-electron chi connectivity index (χ0n) is 17.0. The molecule has 0 aromatic heterocycles. The second-order valence-corrected chi connectivity index (χ2v) is 7.29. The Hall–Kier alpha value is -2.52. The van der Waals surface area contributed by atoms with E-state index in [1.807, 2.05) is 18.2 Å². The number of ether oxygens (including phenoxy) is 1. The molecule has 2 aliphatic rings. The SMILES string of the molecule is C=C=CCC.CNC(=O)c1ccc(OC2CCC(NC(=O)C3CC3)CC2)cc1. The first-order valence-corrected chi connectivity index (χ1v) is 10.2. The van der Waals surface area contributed by atoms with E-state index in [0.717, 1.165) is 50.7 Å². The third-order valence-corrected chi connectivity index (χ3v) is 4.96. The maximum absolute atomic E-state index is 11.8. The molecule has 0 aliphatic heterocycles. The Bertz CT molecular complexity index is 680. The van der Waals surface area contributed by atoms with E-state index >= 15 is 0 Å². The van der Waals surface area contributed by atoms with Gasteiger partial charge in [-0.3, -0.25) is 9.59 Å². The summed E-state index contributed by atoms with van der Waals surface area (Å²) in [5, 5.41) is 5.75. The summed E-state index contributed by atoms with van der Waals surface area (Å²) in [6.45, 7) is 5.42. The van der Waals surface area contributed by atoms with Gasteiger partial charge in [0.2, 0.25) is 5.91 Å². The fourth-order valence-electron chi connectivity index (χ4n) is 3.16. The molecule has 2 fully saturated rings. The van der Waals surface area contributed by atoms with Gasteiger partial charge in [-0.15, -0.1) is 5.73 Å². The zero-order chi connectivity index (χ0) is 20.4. The highest BCUT2D eigenvalue weighted by Gasteiger charge is 2.32. The van der Waals surface area contributed by atoms with Crippen molar-refractivity contribution in [1.29, 1.82) is 0 Å². The van der Waals surface area contributed by atoms with Gasteiger partial charge in [0.05, 0.1) is 6.10 Å². The van der Waals surface area contributed by atoms with Crippen LogP contribution in [0.5, 0.6) is 5.75 Å². The molecule has 0 atom stereocenters. The van der Waals surface area contributed by atoms with Crippen molar-refractivity contribution in [3.8, 4) is 5.75 Å². The molecule has 0 saturated heterocycles. The van der Waals surface area contributed by atoms with Gasteiger partial charge in [0, 0.05) is 24.6 Å². The minimum atomic E-state index is -0.0940. The van der Waals surface area contributed by atoms with Crippen molar-refractivity contribution in [2.75, 3.05) is 7.05 Å². The average molecular weight is 385 g/mol. The molecule has 2 saturated carbocycles. The summed E-state index contributed by atoms with van der Waals surface area (Å²) in [4.78, 5) is 23.3. The van der Waals surface area contributed by atoms with Crippen LogP contribution in [0.2, 0.25) is 0 Å². The quantitative estimate of drug-likeness (QED) is 0.729. The molecule has 0 heterocycles. The molecule has 1 aromatic carbocycles. The molecule has 1 aromatic rings. The minimum absolute atomic E-state index is 0.0940. The smallest absolute Gasteiger partial charge is 0.251 e. The first kappa shape index (κ1) is 21.8. The molecular formula is C23H32N2O3. The van der Waals surface area contributed by atoms with Crippen LogP contribution in [0.25, 0.3) is 0 Å². The van der Waals surface area contributed by atoms with E-state index in [-0.39, 0.29) is 23.8 Å². The first-order valence-electron chi connectivity index (χ1n) is 10.2. The monoisotopic (exact) mass is 384 g/mol. The highest BCUT2D eigenvalue weighted by atomic mass is 16.5. The molecule has 152 valence electrons. The van der Waals surface area contributed by atoms with Crippen LogP contribution in [0.15, 0.2) is 42.7 Å². The fraction of sp³-hybridized carbons (Fsp3) is 0.522. The van der Waals surface area contributed by atoms with Crippen LogP contribution in [-0.2, 0) is 4.79 Å². The molecule has 0 spiro atoms. The van der Waals surface area contributed by atoms with Crippen molar-refractivity contribution in [3.63, 3.8) is 0 Å². The number of carbonyl (C=O) groups is 2. The van der Waals surface area contributed by atoms with E-state index in [9.17, 15) is 9.59 Å². The zero-order valence-corrected chi connectivity index (χ0v) is 17.0. The molecule has 0 unspecified atom stereocenters. The lowest BCUT2D eigenvalue weighted by molar-refractivity contribution is -0.123. The van der Waals surface area contributed by atoms with E-state index in [4.69, 9.17) is 4.74 Å². The maximum Gasteiger partial charge on any atom is 0.251 e. The van der Waals surface area contributed by atoms with Crippen molar-refractivity contribution in [3.05, 3.63) is 48.2 Å². The molecule has 5 heteroatoms. The van der Waals surface area contributed by atoms with Gasteiger partial charge in [-0.25, -0.2) is 0 Å². The van der Waals surface area contributed by atoms with Crippen LogP contribution in [-0.4, -0.2) is 31.0 Å². The van der Waals surface area contributed by atoms with E-state index in [1.54, 1.807) is 19.2 Å². The highest BCUT2D eigenvalue weighted by Crippen LogP contribution is 2.30. The summed E-state index contributed by atoms with van der Waals surface area (Å²) in [6, 6.07) is 7.53. The molecule has 28 heavy (non-hydrogen) atoms. The number of carbonyl (C=O) groups excluding carboxylic acids is 2. The van der Waals surface area contributed by atoms with Crippen molar-refractivity contribution in [2.45, 2.75) is 64.0 Å². The molecule has 5 nitrogen and oxygen atoms in total. The maximum atomic E-state index is 11.8. The van der Waals surface area contributed by atoms with Crippen LogP contribution in [0, 0.1) is 5.92 Å². The van der Waals surface area contributed by atoms with Gasteiger partial charge in [-0.1, -0.05) is 13.5 Å². The lowest BCUT2D eigenvalue weighted by Crippen LogP contribution is -2.40. The Labute approximate surface area is 168 Å². The summed E-state index contributed by atoms with van der Waals surface area (Å²) < 4.78 is 5.99. The summed E-state index contributed by atoms with van der Waals surface area (Å²) in [5.74, 6) is 1.22. The van der Waals surface area contributed by atoms with Crippen molar-refractivity contribution in [1.82, 2.24) is 10.6 Å². The van der Waals surface area contributed by atoms with Crippen LogP contribution < -0.4 is 15.4 Å². The molecule has 0 bridgehead atoms. The highest BCUT2D eigenvalue weighted by molar-refractivity contribution is 5.94. The van der Waals surface area contributed by atoms with Crippen molar-refractivity contribution < 1.29 is 14.3 Å². The fourth-order valence-corrected chi connectivity index (χ4v) is 3.16. The van der Waals surface area contributed by atoms with Crippen molar-refractivity contribution in [2.24, 2.45) is 5.92 Å². The largest absolute Gasteiger partial charge is 0.490 e. The van der Waals surface area contributed by atoms with Crippen LogP contribution in [0.1, 0.15) is 62.2 Å². The normalized spacial score (nSPS) is 20.6. The predicted molar refractivity (Wildman–Crippen MR) is 111 cm³/mol. The Morgan fingerprint density at radius 2 is 1.79 bits per heavy atom. The van der Waals surface area contributed by atoms with Gasteiger partial charge in [0.25, 0.3) is 5.91 Å². The van der Waals surface area contributed by atoms with E-state index in [0.29, 0.717) is 11.6 Å². The Morgan fingerprint density at radius 1 is 1.14 bits per heavy atom. The Kier molecular flexibility index (Phi) is 8.83. The number of rotatable bonds is 6. The van der Waals surface area contributed by atoms with E-state index in [2.05, 4.69) is 29.9 Å². The van der Waals surface area contributed by atoms with Crippen LogP contribution >= 0.6 is 0 Å². The lowest BCUT2D eigenvalue weighted by atomic mass is 9.92. The summed E-state index contributed by atoms with van der Waals surface area (Å²) in [5.41, 5.74) is 3.27. The molecule has 0 radical (unpaired) electrons. The summed E-state index contributed by atoms with van der Waals surface area (Å²) in [7, 11) is 1.62. The van der Waals surface area contributed by atoms with Crippen LogP contribution in [0.4, 0.5) is 0 Å². The number of benzene rings is 1. The van der Waals surface area contributed by atoms with E-state index in [1.165, 1.54) is 0 Å². The summed E-state index contributed by atoms with van der Waals surface area (Å²) >= 11 is 0. The second kappa shape index (κ2) is 11.4. The predicted octanol–water partition coefficient (Wildman–Crippen LogP) is 4.00. The van der Waals surface area contributed by atoms with Gasteiger partial charge >= 0.3 is 0 Å². The number of allylic oxidation sites excluding steroid dienone is 1. The van der Waals surface area contributed by atoms with Gasteiger partial charge in [-0.2, -0.15) is 0 Å². The van der Waals surface area contributed by atoms with Gasteiger partial charge in [0.15, 0.2) is 0 Å². The number of hydrogen-bond acceptors (Lipinski definition) is 3. The molecule has 2 N–H and O–H groups in total. The summed E-state index contributed by atoms with van der Waals surface area (Å²) in [6.07, 6.45) is 9.07. The third kappa shape index (κ3) is 7.24. The van der Waals surface area contributed by atoms with E-state index < -0.39 is 0 Å². The molecule has 2 aliphatic carbocycles. The topological polar surface area (TPSA) is 67.4 Å². The molecule has 3 rings (SSSR count). The molecular weight excluding hydrogens is 352 g/mol. The van der Waals surface area contributed by atoms with Crippen LogP contribution in [0.3, 0.4) is 0 Å². The third-order valence-electron chi connectivity index (χ3n) is 4.96. The molecule has 2 amide bonds. The minimum Gasteiger partial charge on any atom is -0.490 e. The van der Waals surface area contributed by atoms with Gasteiger partial charge in [0.1, 0.15) is 5.75 Å². The number of nitrogens with one attached hydrogen (secondary N) is 2. The van der Waals surface area contributed by atoms with Gasteiger partial charge < -0.3 is 15.4 Å². The first-order chi connectivity index (χ1) is 13.6. The Balaban J connectivity index is 0.000000500. The van der Waals surface area contributed by atoms with Gasteiger partial charge in [-0.05, 0) is 75.3 Å². The Morgan fingerprint density at radius 3 is 2.25 bits per heavy atom. The number of hydrogen-bond donors (Lipinski definition) is 2. The number of amides is 2. The standard InChI is InChI=1S/C18H24N2O3.C5H8/c1-19-17(21)12-4-8-15(9-5-12)23-16-10-6-14(7-11-16)20-18(22)13-2-3-13;1-3-5-4-2/h4-5,8-9,13-14,16H,2-3,6-7,10-11H2,1H3,(H,19,21)(H,20,22);5H,1,4H2,2H3. The van der Waals surface area contributed by atoms with Crippen molar-refractivity contribution >= 4 is 11.8 Å². The lowest BCUT2D eigenvalue weighted by Gasteiger charge is -2.29.